The molecule has 212 valence electrons. The van der Waals surface area contributed by atoms with Crippen LogP contribution in [0.3, 0.4) is 0 Å². The Morgan fingerprint density at radius 3 is 2.05 bits per heavy atom. The summed E-state index contributed by atoms with van der Waals surface area (Å²) < 4.78 is 10.4. The fourth-order valence-electron chi connectivity index (χ4n) is 3.46. The smallest absolute Gasteiger partial charge is 0.408 e. The van der Waals surface area contributed by atoms with Crippen LogP contribution in [0.5, 0.6) is 0 Å². The van der Waals surface area contributed by atoms with Crippen molar-refractivity contribution in [3.63, 3.8) is 0 Å². The minimum atomic E-state index is -1.01. The van der Waals surface area contributed by atoms with Crippen LogP contribution < -0.4 is 16.0 Å². The van der Waals surface area contributed by atoms with Crippen molar-refractivity contribution in [2.24, 2.45) is 11.8 Å². The van der Waals surface area contributed by atoms with Crippen LogP contribution in [-0.2, 0) is 35.3 Å². The van der Waals surface area contributed by atoms with Crippen LogP contribution in [0, 0.1) is 11.8 Å². The van der Waals surface area contributed by atoms with Gasteiger partial charge in [-0.3, -0.25) is 24.5 Å². The topological polar surface area (TPSA) is 140 Å². The van der Waals surface area contributed by atoms with Crippen LogP contribution in [0.1, 0.15) is 79.7 Å². The third-order valence-electron chi connectivity index (χ3n) is 5.24. The molecule has 0 radical (unpaired) electrons. The molecule has 0 unspecified atom stereocenters. The minimum absolute atomic E-state index is 0.0471. The van der Waals surface area contributed by atoms with Crippen molar-refractivity contribution in [2.45, 2.75) is 98.4 Å². The molecule has 0 aliphatic rings. The van der Waals surface area contributed by atoms with E-state index in [9.17, 15) is 24.0 Å². The van der Waals surface area contributed by atoms with Gasteiger partial charge in [0.15, 0.2) is 0 Å². The molecule has 10 heteroatoms. The highest BCUT2D eigenvalue weighted by molar-refractivity contribution is 6.00. The number of esters is 1. The van der Waals surface area contributed by atoms with Gasteiger partial charge in [-0.25, -0.2) is 4.79 Å². The van der Waals surface area contributed by atoms with Crippen molar-refractivity contribution < 1.29 is 33.4 Å². The molecule has 0 aliphatic carbocycles. The molecule has 0 aliphatic heterocycles. The first-order chi connectivity index (χ1) is 17.7. The Balaban J connectivity index is 2.68. The standard InChI is InChI=1S/C28H43N3O7/c1-18(2)16-21(29-27(36)37-17-20-12-9-8-10-13-20)25(34)31-24(19(3)4)26(35)30-22(32)14-11-15-23(33)38-28(5,6)7/h8-10,12-13,18-19,21,24H,11,14-17H2,1-7H3,(H,29,36)(H,31,34)(H,30,32,35)/t21-,24-/m0/s1. The molecule has 0 saturated heterocycles. The summed E-state index contributed by atoms with van der Waals surface area (Å²) in [5.74, 6) is -2.46. The minimum Gasteiger partial charge on any atom is -0.460 e. The van der Waals surface area contributed by atoms with E-state index in [0.717, 1.165) is 5.56 Å². The lowest BCUT2D eigenvalue weighted by molar-refractivity contribution is -0.154. The summed E-state index contributed by atoms with van der Waals surface area (Å²) in [6.07, 6.45) is -0.207. The average Bonchev–Trinajstić information content (AvgIpc) is 2.79. The van der Waals surface area contributed by atoms with E-state index in [4.69, 9.17) is 9.47 Å². The summed E-state index contributed by atoms with van der Waals surface area (Å²) in [4.78, 5) is 62.3. The third-order valence-corrected chi connectivity index (χ3v) is 5.24. The summed E-state index contributed by atoms with van der Waals surface area (Å²) in [7, 11) is 0. The van der Waals surface area contributed by atoms with Crippen LogP contribution in [0.25, 0.3) is 0 Å². The average molecular weight is 534 g/mol. The zero-order chi connectivity index (χ0) is 28.9. The number of carbonyl (C=O) groups is 5. The zero-order valence-corrected chi connectivity index (χ0v) is 23.6. The Labute approximate surface area is 225 Å². The number of amides is 4. The van der Waals surface area contributed by atoms with Crippen molar-refractivity contribution in [3.8, 4) is 0 Å². The summed E-state index contributed by atoms with van der Waals surface area (Å²) in [6, 6.07) is 7.20. The van der Waals surface area contributed by atoms with Crippen molar-refractivity contribution in [1.82, 2.24) is 16.0 Å². The molecule has 2 atom stereocenters. The van der Waals surface area contributed by atoms with E-state index in [2.05, 4.69) is 16.0 Å². The largest absolute Gasteiger partial charge is 0.460 e. The highest BCUT2D eigenvalue weighted by Gasteiger charge is 2.30. The molecule has 38 heavy (non-hydrogen) atoms. The summed E-state index contributed by atoms with van der Waals surface area (Å²) in [5, 5.41) is 7.53. The molecule has 3 N–H and O–H groups in total. The van der Waals surface area contributed by atoms with E-state index < -0.39 is 47.5 Å². The van der Waals surface area contributed by atoms with Crippen molar-refractivity contribution >= 4 is 29.8 Å². The number of benzene rings is 1. The number of ether oxygens (including phenoxy) is 2. The van der Waals surface area contributed by atoms with E-state index in [1.165, 1.54) is 0 Å². The summed E-state index contributed by atoms with van der Waals surface area (Å²) >= 11 is 0. The highest BCUT2D eigenvalue weighted by atomic mass is 16.6. The van der Waals surface area contributed by atoms with Gasteiger partial charge in [0.2, 0.25) is 17.7 Å². The molecule has 0 heterocycles. The maximum Gasteiger partial charge on any atom is 0.408 e. The van der Waals surface area contributed by atoms with Crippen LogP contribution in [0.15, 0.2) is 30.3 Å². The number of alkyl carbamates (subject to hydrolysis) is 1. The first-order valence-electron chi connectivity index (χ1n) is 13.0. The van der Waals surface area contributed by atoms with Crippen LogP contribution >= 0.6 is 0 Å². The second kappa shape index (κ2) is 15.7. The van der Waals surface area contributed by atoms with Gasteiger partial charge >= 0.3 is 12.1 Å². The van der Waals surface area contributed by atoms with E-state index in [-0.39, 0.29) is 37.7 Å². The number of carbonyl (C=O) groups excluding carboxylic acids is 5. The van der Waals surface area contributed by atoms with Gasteiger partial charge in [-0.2, -0.15) is 0 Å². The molecule has 1 aromatic rings. The Bertz CT molecular complexity index is 940. The lowest BCUT2D eigenvalue weighted by Gasteiger charge is -2.25. The van der Waals surface area contributed by atoms with Crippen molar-refractivity contribution in [1.29, 1.82) is 0 Å². The Hall–Kier alpha value is -3.43. The molecule has 0 aromatic heterocycles. The fraction of sp³-hybridized carbons (Fsp3) is 0.607. The number of hydrogen-bond acceptors (Lipinski definition) is 7. The van der Waals surface area contributed by atoms with E-state index in [1.807, 2.05) is 44.2 Å². The van der Waals surface area contributed by atoms with Gasteiger partial charge in [-0.15, -0.1) is 0 Å². The molecular weight excluding hydrogens is 490 g/mol. The lowest BCUT2D eigenvalue weighted by atomic mass is 10.00. The van der Waals surface area contributed by atoms with E-state index in [1.54, 1.807) is 34.6 Å². The van der Waals surface area contributed by atoms with E-state index >= 15 is 0 Å². The number of nitrogens with one attached hydrogen (secondary N) is 3. The summed E-state index contributed by atoms with van der Waals surface area (Å²) in [5.41, 5.74) is 0.193. The van der Waals surface area contributed by atoms with Crippen LogP contribution in [0.2, 0.25) is 0 Å². The highest BCUT2D eigenvalue weighted by Crippen LogP contribution is 2.11. The quantitative estimate of drug-likeness (QED) is 0.329. The van der Waals surface area contributed by atoms with Gasteiger partial charge in [-0.05, 0) is 51.0 Å². The normalized spacial score (nSPS) is 12.9. The van der Waals surface area contributed by atoms with Crippen molar-refractivity contribution in [2.75, 3.05) is 0 Å². The van der Waals surface area contributed by atoms with Crippen LogP contribution in [-0.4, -0.2) is 47.5 Å². The second-order valence-electron chi connectivity index (χ2n) is 11.0. The number of hydrogen-bond donors (Lipinski definition) is 3. The Morgan fingerprint density at radius 2 is 1.50 bits per heavy atom. The molecule has 10 nitrogen and oxygen atoms in total. The van der Waals surface area contributed by atoms with Crippen LogP contribution in [0.4, 0.5) is 4.79 Å². The predicted molar refractivity (Wildman–Crippen MR) is 143 cm³/mol. The Kier molecular flexibility index (Phi) is 13.5. The number of rotatable bonds is 13. The molecule has 1 aromatic carbocycles. The third kappa shape index (κ3) is 13.8. The maximum absolute atomic E-state index is 13.1. The molecular formula is C28H43N3O7. The molecule has 0 fully saturated rings. The zero-order valence-electron chi connectivity index (χ0n) is 23.6. The maximum atomic E-state index is 13.1. The molecule has 1 rings (SSSR count). The van der Waals surface area contributed by atoms with Gasteiger partial charge in [-0.1, -0.05) is 58.0 Å². The van der Waals surface area contributed by atoms with Gasteiger partial charge in [0.25, 0.3) is 0 Å². The predicted octanol–water partition coefficient (Wildman–Crippen LogP) is 3.62. The van der Waals surface area contributed by atoms with Gasteiger partial charge < -0.3 is 20.1 Å². The van der Waals surface area contributed by atoms with Gasteiger partial charge in [0, 0.05) is 12.8 Å². The van der Waals surface area contributed by atoms with Crippen molar-refractivity contribution in [3.05, 3.63) is 35.9 Å². The van der Waals surface area contributed by atoms with Gasteiger partial charge in [0.1, 0.15) is 24.3 Å². The molecule has 0 spiro atoms. The first-order valence-corrected chi connectivity index (χ1v) is 13.0. The SMILES string of the molecule is CC(C)C[C@H](NC(=O)OCc1ccccc1)C(=O)N[C@H](C(=O)NC(=O)CCCC(=O)OC(C)(C)C)C(C)C. The first kappa shape index (κ1) is 32.6. The van der Waals surface area contributed by atoms with Gasteiger partial charge in [0.05, 0.1) is 0 Å². The molecule has 0 bridgehead atoms. The number of imide groups is 1. The second-order valence-corrected chi connectivity index (χ2v) is 11.0. The molecule has 4 amide bonds. The lowest BCUT2D eigenvalue weighted by Crippen LogP contribution is -2.56. The van der Waals surface area contributed by atoms with E-state index in [0.29, 0.717) is 6.42 Å². The monoisotopic (exact) mass is 533 g/mol. The molecule has 0 saturated carbocycles. The Morgan fingerprint density at radius 1 is 0.868 bits per heavy atom. The fourth-order valence-corrected chi connectivity index (χ4v) is 3.46. The summed E-state index contributed by atoms with van der Waals surface area (Å²) in [6.45, 7) is 12.6.